The van der Waals surface area contributed by atoms with Crippen molar-refractivity contribution in [3.8, 4) is 0 Å². The minimum absolute atomic E-state index is 0.0754. The van der Waals surface area contributed by atoms with Gasteiger partial charge in [-0.25, -0.2) is 4.98 Å². The van der Waals surface area contributed by atoms with Gasteiger partial charge in [-0.1, -0.05) is 26.0 Å². The van der Waals surface area contributed by atoms with Gasteiger partial charge in [0.2, 0.25) is 5.91 Å². The predicted molar refractivity (Wildman–Crippen MR) is 111 cm³/mol. The summed E-state index contributed by atoms with van der Waals surface area (Å²) in [5, 5.41) is 3.51. The molecule has 2 N–H and O–H groups in total. The number of nitrogens with one attached hydrogen (secondary N) is 2. The molecule has 1 aliphatic rings. The smallest absolute Gasteiger partial charge is 0.258 e. The largest absolute Gasteiger partial charge is 0.379 e. The van der Waals surface area contributed by atoms with Gasteiger partial charge in [-0.15, -0.1) is 0 Å². The zero-order chi connectivity index (χ0) is 20.6. The SMILES string of the molecule is CC(C)C[C@H](CNC(=O)COCc1nc2ccccc2c(=O)[nH]1)N1CCOCC1. The van der Waals surface area contributed by atoms with Crippen molar-refractivity contribution in [3.05, 3.63) is 40.4 Å². The zero-order valence-electron chi connectivity index (χ0n) is 17.1. The average Bonchev–Trinajstić information content (AvgIpc) is 2.71. The first-order valence-corrected chi connectivity index (χ1v) is 10.2. The summed E-state index contributed by atoms with van der Waals surface area (Å²) in [5.41, 5.74) is 0.405. The van der Waals surface area contributed by atoms with Crippen LogP contribution in [0.4, 0.5) is 0 Å². The molecule has 2 aromatic rings. The second kappa shape index (κ2) is 10.5. The van der Waals surface area contributed by atoms with Crippen LogP contribution >= 0.6 is 0 Å². The van der Waals surface area contributed by atoms with E-state index in [-0.39, 0.29) is 24.7 Å². The molecule has 0 saturated carbocycles. The number of hydrogen-bond acceptors (Lipinski definition) is 6. The molecule has 0 radical (unpaired) electrons. The van der Waals surface area contributed by atoms with Crippen molar-refractivity contribution in [2.24, 2.45) is 5.92 Å². The fourth-order valence-electron chi connectivity index (χ4n) is 3.57. The Morgan fingerprint density at radius 3 is 2.83 bits per heavy atom. The highest BCUT2D eigenvalue weighted by molar-refractivity contribution is 5.77. The highest BCUT2D eigenvalue weighted by atomic mass is 16.5. The van der Waals surface area contributed by atoms with Crippen molar-refractivity contribution >= 4 is 16.8 Å². The summed E-state index contributed by atoms with van der Waals surface area (Å²) in [6.07, 6.45) is 1.02. The van der Waals surface area contributed by atoms with Gasteiger partial charge in [0.1, 0.15) is 19.0 Å². The Morgan fingerprint density at radius 1 is 1.31 bits per heavy atom. The van der Waals surface area contributed by atoms with E-state index in [0.717, 1.165) is 32.7 Å². The molecular formula is C21H30N4O4. The number of carbonyl (C=O) groups is 1. The molecule has 2 heterocycles. The van der Waals surface area contributed by atoms with E-state index in [1.165, 1.54) is 0 Å². The Morgan fingerprint density at radius 2 is 2.07 bits per heavy atom. The third-order valence-corrected chi connectivity index (χ3v) is 4.97. The Hall–Kier alpha value is -2.29. The molecule has 158 valence electrons. The summed E-state index contributed by atoms with van der Waals surface area (Å²) in [6.45, 7) is 8.23. The van der Waals surface area contributed by atoms with E-state index in [1.807, 2.05) is 6.07 Å². The molecule has 8 nitrogen and oxygen atoms in total. The van der Waals surface area contributed by atoms with Crippen molar-refractivity contribution in [1.82, 2.24) is 20.2 Å². The number of amides is 1. The van der Waals surface area contributed by atoms with Crippen LogP contribution in [0.15, 0.2) is 29.1 Å². The lowest BCUT2D eigenvalue weighted by atomic mass is 10.0. The Labute approximate surface area is 170 Å². The number of benzene rings is 1. The van der Waals surface area contributed by atoms with Gasteiger partial charge in [-0.05, 0) is 24.5 Å². The van der Waals surface area contributed by atoms with Crippen LogP contribution < -0.4 is 10.9 Å². The minimum atomic E-state index is -0.208. The summed E-state index contributed by atoms with van der Waals surface area (Å²) >= 11 is 0. The summed E-state index contributed by atoms with van der Waals surface area (Å²) < 4.78 is 10.9. The van der Waals surface area contributed by atoms with Crippen LogP contribution in [-0.4, -0.2) is 66.3 Å². The maximum Gasteiger partial charge on any atom is 0.258 e. The maximum absolute atomic E-state index is 12.2. The fourth-order valence-corrected chi connectivity index (χ4v) is 3.57. The quantitative estimate of drug-likeness (QED) is 0.656. The number of rotatable bonds is 9. The molecule has 29 heavy (non-hydrogen) atoms. The van der Waals surface area contributed by atoms with Crippen molar-refractivity contribution in [1.29, 1.82) is 0 Å². The zero-order valence-corrected chi connectivity index (χ0v) is 17.1. The van der Waals surface area contributed by atoms with Crippen LogP contribution in [0.2, 0.25) is 0 Å². The third kappa shape index (κ3) is 6.35. The lowest BCUT2D eigenvalue weighted by Crippen LogP contribution is -2.49. The molecule has 1 aromatic carbocycles. The monoisotopic (exact) mass is 402 g/mol. The van der Waals surface area contributed by atoms with Gasteiger partial charge in [0.15, 0.2) is 0 Å². The molecule has 8 heteroatoms. The topological polar surface area (TPSA) is 96.5 Å². The van der Waals surface area contributed by atoms with E-state index >= 15 is 0 Å². The number of H-pyrrole nitrogens is 1. The number of aromatic nitrogens is 2. The first-order chi connectivity index (χ1) is 14.0. The number of morpholine rings is 1. The Balaban J connectivity index is 1.47. The summed E-state index contributed by atoms with van der Waals surface area (Å²) in [4.78, 5) is 33.7. The number of fused-ring (bicyclic) bond motifs is 1. The summed E-state index contributed by atoms with van der Waals surface area (Å²) in [5.74, 6) is 0.787. The van der Waals surface area contributed by atoms with E-state index in [0.29, 0.717) is 35.2 Å². The fraction of sp³-hybridized carbons (Fsp3) is 0.571. The second-order valence-corrected chi connectivity index (χ2v) is 7.76. The van der Waals surface area contributed by atoms with Crippen molar-refractivity contribution in [2.75, 3.05) is 39.5 Å². The van der Waals surface area contributed by atoms with E-state index < -0.39 is 0 Å². The van der Waals surface area contributed by atoms with Crippen LogP contribution in [0.5, 0.6) is 0 Å². The lowest BCUT2D eigenvalue weighted by Gasteiger charge is -2.35. The number of para-hydroxylation sites is 1. The standard InChI is InChI=1S/C21H30N4O4/c1-15(2)11-16(25-7-9-28-10-8-25)12-22-20(26)14-29-13-19-23-18-6-4-3-5-17(18)21(27)24-19/h3-6,15-16H,7-14H2,1-2H3,(H,22,26)(H,23,24,27)/t16-/m1/s1. The van der Waals surface area contributed by atoms with Gasteiger partial charge in [-0.3, -0.25) is 14.5 Å². The number of ether oxygens (including phenoxy) is 2. The van der Waals surface area contributed by atoms with Gasteiger partial charge in [-0.2, -0.15) is 0 Å². The highest BCUT2D eigenvalue weighted by Gasteiger charge is 2.22. The van der Waals surface area contributed by atoms with Gasteiger partial charge >= 0.3 is 0 Å². The number of hydrogen-bond donors (Lipinski definition) is 2. The molecule has 3 rings (SSSR count). The lowest BCUT2D eigenvalue weighted by molar-refractivity contribution is -0.126. The molecule has 0 unspecified atom stereocenters. The van der Waals surface area contributed by atoms with Crippen molar-refractivity contribution in [2.45, 2.75) is 32.9 Å². The molecule has 1 atom stereocenters. The minimum Gasteiger partial charge on any atom is -0.379 e. The first kappa shape index (κ1) is 21.4. The summed E-state index contributed by atoms with van der Waals surface area (Å²) in [6, 6.07) is 7.42. The van der Waals surface area contributed by atoms with Crippen molar-refractivity contribution < 1.29 is 14.3 Å². The van der Waals surface area contributed by atoms with Gasteiger partial charge in [0.25, 0.3) is 5.56 Å². The number of aromatic amines is 1. The number of nitrogens with zero attached hydrogens (tertiary/aromatic N) is 2. The first-order valence-electron chi connectivity index (χ1n) is 10.2. The molecule has 0 aliphatic carbocycles. The maximum atomic E-state index is 12.2. The van der Waals surface area contributed by atoms with Crippen LogP contribution in [0.25, 0.3) is 10.9 Å². The van der Waals surface area contributed by atoms with Crippen LogP contribution in [0.3, 0.4) is 0 Å². The van der Waals surface area contributed by atoms with E-state index in [1.54, 1.807) is 18.2 Å². The molecule has 1 fully saturated rings. The highest BCUT2D eigenvalue weighted by Crippen LogP contribution is 2.13. The molecule has 1 aromatic heterocycles. The van der Waals surface area contributed by atoms with Crippen LogP contribution in [0, 0.1) is 5.92 Å². The van der Waals surface area contributed by atoms with Gasteiger partial charge in [0, 0.05) is 25.7 Å². The predicted octanol–water partition coefficient (Wildman–Crippen LogP) is 1.30. The molecule has 1 aliphatic heterocycles. The average molecular weight is 402 g/mol. The van der Waals surface area contributed by atoms with E-state index in [4.69, 9.17) is 9.47 Å². The Bertz CT molecular complexity index is 861. The molecule has 1 amide bonds. The van der Waals surface area contributed by atoms with Crippen LogP contribution in [-0.2, 0) is 20.9 Å². The van der Waals surface area contributed by atoms with E-state index in [2.05, 4.69) is 34.0 Å². The Kier molecular flexibility index (Phi) is 7.74. The number of carbonyl (C=O) groups excluding carboxylic acids is 1. The van der Waals surface area contributed by atoms with Gasteiger partial charge in [0.05, 0.1) is 24.1 Å². The molecular weight excluding hydrogens is 372 g/mol. The normalized spacial score (nSPS) is 16.2. The third-order valence-electron chi connectivity index (χ3n) is 4.97. The molecule has 1 saturated heterocycles. The van der Waals surface area contributed by atoms with Crippen LogP contribution in [0.1, 0.15) is 26.1 Å². The second-order valence-electron chi connectivity index (χ2n) is 7.76. The van der Waals surface area contributed by atoms with Crippen molar-refractivity contribution in [3.63, 3.8) is 0 Å². The molecule has 0 spiro atoms. The van der Waals surface area contributed by atoms with Gasteiger partial charge < -0.3 is 19.8 Å². The summed E-state index contributed by atoms with van der Waals surface area (Å²) in [7, 11) is 0. The van der Waals surface area contributed by atoms with E-state index in [9.17, 15) is 9.59 Å². The molecule has 0 bridgehead atoms.